The summed E-state index contributed by atoms with van der Waals surface area (Å²) in [5, 5.41) is 15.2. The Bertz CT molecular complexity index is 1920. The van der Waals surface area contributed by atoms with Crippen LogP contribution in [0.25, 0.3) is 21.8 Å². The summed E-state index contributed by atoms with van der Waals surface area (Å²) in [6, 6.07) is 14.7. The molecule has 304 valence electrons. The van der Waals surface area contributed by atoms with Gasteiger partial charge in [0.25, 0.3) is 5.56 Å². The number of ether oxygens (including phenoxy) is 1. The Morgan fingerprint density at radius 2 is 1.68 bits per heavy atom. The highest BCUT2D eigenvalue weighted by molar-refractivity contribution is 5.84. The van der Waals surface area contributed by atoms with Crippen LogP contribution in [0.2, 0.25) is 0 Å². The zero-order chi connectivity index (χ0) is 40.0. The number of aromatic amines is 1. The summed E-state index contributed by atoms with van der Waals surface area (Å²) in [6.45, 7) is 10.3. The predicted octanol–water partition coefficient (Wildman–Crippen LogP) is 2.59. The predicted molar refractivity (Wildman–Crippen MR) is 221 cm³/mol. The third kappa shape index (κ3) is 10.9. The highest BCUT2D eigenvalue weighted by atomic mass is 16.5. The number of amides is 2. The fraction of sp³-hybridized carbons (Fsp3) is 0.548. The van der Waals surface area contributed by atoms with Gasteiger partial charge in [-0.2, -0.15) is 5.10 Å². The zero-order valence-electron chi connectivity index (χ0n) is 33.8. The average molecular weight is 772 g/mol. The monoisotopic (exact) mass is 771 g/mol. The number of hydrogen-bond donors (Lipinski definition) is 3. The molecule has 2 aromatic carbocycles. The van der Waals surface area contributed by atoms with Crippen molar-refractivity contribution in [2.24, 2.45) is 0 Å². The summed E-state index contributed by atoms with van der Waals surface area (Å²) >= 11 is 0. The van der Waals surface area contributed by atoms with Crippen LogP contribution in [-0.2, 0) is 32.3 Å². The number of likely N-dealkylation sites (tertiary alicyclic amines) is 2. The number of methoxy groups -OCH3 is 1. The number of aromatic nitrogens is 3. The first-order valence-electron chi connectivity index (χ1n) is 19.9. The van der Waals surface area contributed by atoms with Crippen LogP contribution in [0.1, 0.15) is 48.3 Å². The summed E-state index contributed by atoms with van der Waals surface area (Å²) in [4.78, 5) is 55.0. The van der Waals surface area contributed by atoms with Gasteiger partial charge >= 0.3 is 0 Å². The highest BCUT2D eigenvalue weighted by Gasteiger charge is 2.31. The number of aldehydes is 1. The van der Waals surface area contributed by atoms with Gasteiger partial charge < -0.3 is 34.9 Å². The molecule has 3 saturated heterocycles. The quantitative estimate of drug-likeness (QED) is 0.195. The topological polar surface area (TPSA) is 148 Å². The third-order valence-corrected chi connectivity index (χ3v) is 11.4. The number of aryl methyl sites for hydroxylation is 1. The minimum absolute atomic E-state index is 0.0186. The van der Waals surface area contributed by atoms with E-state index in [0.717, 1.165) is 79.1 Å². The van der Waals surface area contributed by atoms with Gasteiger partial charge in [-0.3, -0.25) is 28.9 Å². The van der Waals surface area contributed by atoms with Gasteiger partial charge in [0.2, 0.25) is 12.3 Å². The van der Waals surface area contributed by atoms with Crippen molar-refractivity contribution in [3.05, 3.63) is 75.7 Å². The Morgan fingerprint density at radius 3 is 2.30 bits per heavy atom. The molecule has 3 aliphatic heterocycles. The van der Waals surface area contributed by atoms with E-state index in [1.807, 2.05) is 43.6 Å². The third-order valence-electron chi connectivity index (χ3n) is 11.4. The average Bonchev–Trinajstić information content (AvgIpc) is 3.71. The van der Waals surface area contributed by atoms with E-state index in [1.54, 1.807) is 23.6 Å². The van der Waals surface area contributed by atoms with E-state index in [0.29, 0.717) is 32.1 Å². The number of H-pyrrole nitrogens is 1. The Labute approximate surface area is 330 Å². The van der Waals surface area contributed by atoms with E-state index < -0.39 is 0 Å². The maximum Gasteiger partial charge on any atom is 0.256 e. The van der Waals surface area contributed by atoms with Gasteiger partial charge in [0.15, 0.2) is 0 Å². The fourth-order valence-electron chi connectivity index (χ4n) is 8.17. The summed E-state index contributed by atoms with van der Waals surface area (Å²) in [5.41, 5.74) is 5.17. The molecule has 4 aromatic rings. The molecule has 0 aliphatic carbocycles. The lowest BCUT2D eigenvalue weighted by molar-refractivity contribution is -0.135. The Hall–Kier alpha value is -4.47. The zero-order valence-corrected chi connectivity index (χ0v) is 33.8. The molecule has 56 heavy (non-hydrogen) atoms. The van der Waals surface area contributed by atoms with Crippen molar-refractivity contribution in [1.29, 1.82) is 0 Å². The van der Waals surface area contributed by atoms with Crippen LogP contribution in [0.15, 0.2) is 53.5 Å². The van der Waals surface area contributed by atoms with Gasteiger partial charge in [0, 0.05) is 63.4 Å². The smallest absolute Gasteiger partial charge is 0.256 e. The summed E-state index contributed by atoms with van der Waals surface area (Å²) in [7, 11) is 7.42. The number of benzene rings is 2. The van der Waals surface area contributed by atoms with E-state index in [4.69, 9.17) is 4.74 Å². The number of nitrogens with one attached hydrogen (secondary N) is 3. The second kappa shape index (κ2) is 21.2. The van der Waals surface area contributed by atoms with Crippen LogP contribution in [0, 0.1) is 6.92 Å². The van der Waals surface area contributed by atoms with E-state index >= 15 is 0 Å². The Balaban J connectivity index is 0.000000197. The number of nitrogens with zero attached hydrogens (tertiary/aromatic N) is 6. The van der Waals surface area contributed by atoms with Crippen LogP contribution in [0.4, 0.5) is 0 Å². The molecule has 14 nitrogen and oxygen atoms in total. The Morgan fingerprint density at radius 1 is 0.964 bits per heavy atom. The molecular weight excluding hydrogens is 711 g/mol. The van der Waals surface area contributed by atoms with E-state index in [-0.39, 0.29) is 30.2 Å². The molecule has 0 spiro atoms. The van der Waals surface area contributed by atoms with Gasteiger partial charge in [-0.25, -0.2) is 0 Å². The van der Waals surface area contributed by atoms with Crippen molar-refractivity contribution < 1.29 is 19.1 Å². The van der Waals surface area contributed by atoms with E-state index in [9.17, 15) is 19.2 Å². The van der Waals surface area contributed by atoms with Crippen LogP contribution < -0.4 is 16.2 Å². The molecule has 2 amide bonds. The molecule has 1 atom stereocenters. The molecule has 3 aliphatic rings. The van der Waals surface area contributed by atoms with Crippen LogP contribution >= 0.6 is 0 Å². The molecule has 3 N–H and O–H groups in total. The lowest BCUT2D eigenvalue weighted by atomic mass is 9.89. The van der Waals surface area contributed by atoms with Crippen molar-refractivity contribution in [3.8, 4) is 0 Å². The number of hydrogen-bond acceptors (Lipinski definition) is 10. The Kier molecular flexibility index (Phi) is 16.1. The molecule has 0 saturated carbocycles. The van der Waals surface area contributed by atoms with E-state index in [2.05, 4.69) is 61.6 Å². The first-order valence-corrected chi connectivity index (χ1v) is 19.9. The number of fused-ring (bicyclic) bond motifs is 2. The number of rotatable bonds is 11. The largest absolute Gasteiger partial charge is 0.364 e. The summed E-state index contributed by atoms with van der Waals surface area (Å²) in [6.07, 6.45) is 8.42. The molecule has 0 unspecified atom stereocenters. The lowest BCUT2D eigenvalue weighted by Crippen LogP contribution is -2.57. The van der Waals surface area contributed by atoms with Crippen LogP contribution in [0.3, 0.4) is 0 Å². The van der Waals surface area contributed by atoms with E-state index in [1.165, 1.54) is 37.1 Å². The summed E-state index contributed by atoms with van der Waals surface area (Å²) < 4.78 is 6.89. The molecule has 14 heteroatoms. The van der Waals surface area contributed by atoms with Gasteiger partial charge in [-0.15, -0.1) is 0 Å². The first-order chi connectivity index (χ1) is 27.2. The van der Waals surface area contributed by atoms with Gasteiger partial charge in [-0.1, -0.05) is 24.3 Å². The minimum Gasteiger partial charge on any atom is -0.364 e. The molecular formula is C42H61N9O5. The van der Waals surface area contributed by atoms with Gasteiger partial charge in [-0.05, 0) is 114 Å². The van der Waals surface area contributed by atoms with Crippen molar-refractivity contribution >= 4 is 40.4 Å². The molecule has 5 heterocycles. The van der Waals surface area contributed by atoms with Crippen molar-refractivity contribution in [3.63, 3.8) is 0 Å². The molecule has 2 aromatic heterocycles. The number of likely N-dealkylation sites (N-methyl/N-ethyl adjacent to an activating group) is 2. The van der Waals surface area contributed by atoms with Crippen LogP contribution in [-0.4, -0.2) is 152 Å². The SMILES string of the molecule is CNCC=O.CN[C@H](Cc1cc(C)c2[nH]ncc2c1)C(=O)N1CCN(C2CCN(C)CC2)CC1.COCn1c(=O)c(C2CCN(C=O)CC2)cc2ccccc21. The number of para-hydroxylation sites is 1. The number of carbonyl (C=O) groups is 3. The normalized spacial score (nSPS) is 17.9. The highest BCUT2D eigenvalue weighted by Crippen LogP contribution is 2.28. The number of carbonyl (C=O) groups excluding carboxylic acids is 3. The molecule has 0 radical (unpaired) electrons. The van der Waals surface area contributed by atoms with Crippen molar-refractivity contribution in [2.45, 2.75) is 63.8 Å². The standard InChI is InChI=1S/C22H34N6O.C17H20N2O3.C3H7NO/c1-16-12-17(13-18-15-24-25-21(16)18)14-20(23-2)22(29)28-10-8-27(9-11-28)19-4-6-26(3)7-5-19;1-22-12-19-16-5-3-2-4-14(16)10-15(17(19)21)13-6-8-18(11-20)9-7-13;1-4-2-3-5/h12-13,15,19-20,23H,4-11,14H2,1-3H3,(H,24,25);2-5,10-11,13H,6-9,12H2,1H3;3-4H,2H2,1H3/t20-;;/m1../s1. The van der Waals surface area contributed by atoms with Gasteiger partial charge in [0.05, 0.1) is 29.8 Å². The first kappa shape index (κ1) is 42.7. The number of pyridine rings is 1. The molecule has 7 rings (SSSR count). The minimum atomic E-state index is -0.186. The van der Waals surface area contributed by atoms with Crippen molar-refractivity contribution in [1.82, 2.24) is 45.0 Å². The van der Waals surface area contributed by atoms with Crippen LogP contribution in [0.5, 0.6) is 0 Å². The number of piperazine rings is 1. The molecule has 3 fully saturated rings. The maximum absolute atomic E-state index is 13.2. The second-order valence-electron chi connectivity index (χ2n) is 15.1. The van der Waals surface area contributed by atoms with Gasteiger partial charge in [0.1, 0.15) is 13.0 Å². The molecule has 0 bridgehead atoms. The second-order valence-corrected chi connectivity index (χ2v) is 15.1. The lowest BCUT2D eigenvalue weighted by Gasteiger charge is -2.42. The van der Waals surface area contributed by atoms with Crippen molar-refractivity contribution in [2.75, 3.05) is 87.2 Å². The number of piperidine rings is 2. The fourth-order valence-corrected chi connectivity index (χ4v) is 8.17. The maximum atomic E-state index is 13.2. The summed E-state index contributed by atoms with van der Waals surface area (Å²) in [5.74, 6) is 0.428.